The molecule has 28 heavy (non-hydrogen) atoms. The molecule has 1 fully saturated rings. The molecule has 2 aromatic rings. The maximum Gasteiger partial charge on any atom is 0.313 e. The summed E-state index contributed by atoms with van der Waals surface area (Å²) in [5, 5.41) is 5.76. The lowest BCUT2D eigenvalue weighted by Gasteiger charge is -2.33. The lowest BCUT2D eigenvalue weighted by atomic mass is 10.1. The van der Waals surface area contributed by atoms with E-state index in [1.807, 2.05) is 25.1 Å². The van der Waals surface area contributed by atoms with E-state index in [4.69, 9.17) is 16.3 Å². The molecule has 1 aliphatic heterocycles. The van der Waals surface area contributed by atoms with E-state index in [1.54, 1.807) is 18.2 Å². The number of anilines is 1. The summed E-state index contributed by atoms with van der Waals surface area (Å²) in [5.41, 5.74) is 2.55. The molecule has 1 aliphatic rings. The fourth-order valence-electron chi connectivity index (χ4n) is 3.04. The molecule has 0 aromatic heterocycles. The Balaban J connectivity index is 1.43. The monoisotopic (exact) mass is 401 g/mol. The highest BCUT2D eigenvalue weighted by Crippen LogP contribution is 2.21. The second-order valence-electron chi connectivity index (χ2n) is 6.74. The van der Waals surface area contributed by atoms with E-state index in [-0.39, 0.29) is 6.10 Å². The fraction of sp³-hybridized carbons (Fsp3) is 0.333. The number of carbonyl (C=O) groups excluding carboxylic acids is 2. The van der Waals surface area contributed by atoms with Crippen LogP contribution in [-0.2, 0) is 14.3 Å². The lowest BCUT2D eigenvalue weighted by molar-refractivity contribution is -0.136. The predicted molar refractivity (Wildman–Crippen MR) is 109 cm³/mol. The van der Waals surface area contributed by atoms with Crippen molar-refractivity contribution >= 4 is 29.1 Å². The van der Waals surface area contributed by atoms with Gasteiger partial charge in [0.1, 0.15) is 0 Å². The van der Waals surface area contributed by atoms with E-state index in [9.17, 15) is 9.59 Å². The Kier molecular flexibility index (Phi) is 7.03. The van der Waals surface area contributed by atoms with Gasteiger partial charge >= 0.3 is 11.8 Å². The topological polar surface area (TPSA) is 70.7 Å². The minimum Gasteiger partial charge on any atom is -0.371 e. The van der Waals surface area contributed by atoms with E-state index in [2.05, 4.69) is 27.7 Å². The van der Waals surface area contributed by atoms with Crippen LogP contribution in [0.25, 0.3) is 0 Å². The van der Waals surface area contributed by atoms with Gasteiger partial charge in [0, 0.05) is 36.9 Å². The van der Waals surface area contributed by atoms with Crippen LogP contribution in [0, 0.1) is 6.92 Å². The maximum atomic E-state index is 12.0. The van der Waals surface area contributed by atoms with Crippen molar-refractivity contribution in [3.8, 4) is 0 Å². The zero-order valence-corrected chi connectivity index (χ0v) is 16.5. The zero-order valence-electron chi connectivity index (χ0n) is 15.8. The number of nitrogens with one attached hydrogen (secondary N) is 2. The highest BCUT2D eigenvalue weighted by Gasteiger charge is 2.22. The molecule has 2 amide bonds. The van der Waals surface area contributed by atoms with Crippen molar-refractivity contribution in [3.05, 3.63) is 64.7 Å². The highest BCUT2D eigenvalue weighted by atomic mass is 35.5. The number of hydrogen-bond donors (Lipinski definition) is 2. The molecule has 1 heterocycles. The Morgan fingerprint density at radius 2 is 1.96 bits per heavy atom. The van der Waals surface area contributed by atoms with Crippen LogP contribution in [0.4, 0.5) is 5.69 Å². The molecule has 148 valence electrons. The molecule has 1 atom stereocenters. The third-order valence-corrected chi connectivity index (χ3v) is 5.08. The molecular weight excluding hydrogens is 378 g/mol. The van der Waals surface area contributed by atoms with E-state index in [1.165, 1.54) is 0 Å². The number of carbonyl (C=O) groups is 2. The summed E-state index contributed by atoms with van der Waals surface area (Å²) in [5.74, 6) is -1.37. The van der Waals surface area contributed by atoms with Crippen LogP contribution in [0.1, 0.15) is 17.2 Å². The van der Waals surface area contributed by atoms with Crippen LogP contribution >= 0.6 is 11.6 Å². The van der Waals surface area contributed by atoms with Crippen molar-refractivity contribution in [2.24, 2.45) is 0 Å². The Hall–Kier alpha value is -2.41. The molecule has 0 bridgehead atoms. The first kappa shape index (κ1) is 20.3. The third-order valence-electron chi connectivity index (χ3n) is 4.67. The second-order valence-corrected chi connectivity index (χ2v) is 7.15. The Labute approximate surface area is 169 Å². The van der Waals surface area contributed by atoms with Crippen LogP contribution in [0.5, 0.6) is 0 Å². The number of benzene rings is 2. The normalized spacial score (nSPS) is 17.1. The van der Waals surface area contributed by atoms with Gasteiger partial charge in [0.2, 0.25) is 0 Å². The first-order valence-electron chi connectivity index (χ1n) is 9.27. The molecule has 0 spiro atoms. The molecule has 0 unspecified atom stereocenters. The predicted octanol–water partition coefficient (Wildman–Crippen LogP) is 2.78. The Morgan fingerprint density at radius 1 is 1.18 bits per heavy atom. The first-order valence-corrected chi connectivity index (χ1v) is 9.65. The molecular formula is C21H24ClN3O3. The van der Waals surface area contributed by atoms with E-state index >= 15 is 0 Å². The van der Waals surface area contributed by atoms with Gasteiger partial charge in [-0.1, -0.05) is 48.0 Å². The van der Waals surface area contributed by atoms with Gasteiger partial charge in [-0.15, -0.1) is 0 Å². The van der Waals surface area contributed by atoms with E-state index in [0.29, 0.717) is 30.4 Å². The Morgan fingerprint density at radius 3 is 2.71 bits per heavy atom. The van der Waals surface area contributed by atoms with Crippen molar-refractivity contribution < 1.29 is 14.3 Å². The van der Waals surface area contributed by atoms with E-state index < -0.39 is 11.8 Å². The average Bonchev–Trinajstić information content (AvgIpc) is 2.71. The standard InChI is InChI=1S/C21H24ClN3O3/c1-15-7-8-17(13-18(15)22)24-21(27)20(26)23-9-10-25-11-12-28-19(14-25)16-5-3-2-4-6-16/h2-8,13,19H,9-12,14H2,1H3,(H,23,26)(H,24,27)/t19-/m0/s1. The van der Waals surface area contributed by atoms with Gasteiger partial charge in [-0.2, -0.15) is 0 Å². The van der Waals surface area contributed by atoms with Gasteiger partial charge in [0.15, 0.2) is 0 Å². The van der Waals surface area contributed by atoms with Crippen LogP contribution in [0.15, 0.2) is 48.5 Å². The lowest BCUT2D eigenvalue weighted by Crippen LogP contribution is -2.44. The number of amides is 2. The Bertz CT molecular complexity index is 829. The number of nitrogens with zero attached hydrogens (tertiary/aromatic N) is 1. The zero-order chi connectivity index (χ0) is 19.9. The van der Waals surface area contributed by atoms with Gasteiger partial charge in [0.05, 0.1) is 12.7 Å². The van der Waals surface area contributed by atoms with Crippen molar-refractivity contribution in [3.63, 3.8) is 0 Å². The quantitative estimate of drug-likeness (QED) is 0.756. The summed E-state index contributed by atoms with van der Waals surface area (Å²) in [6.45, 7) is 5.11. The number of halogens is 1. The largest absolute Gasteiger partial charge is 0.371 e. The van der Waals surface area contributed by atoms with Gasteiger partial charge in [-0.3, -0.25) is 14.5 Å². The summed E-state index contributed by atoms with van der Waals surface area (Å²) >= 11 is 6.03. The van der Waals surface area contributed by atoms with Crippen molar-refractivity contribution in [1.82, 2.24) is 10.2 Å². The van der Waals surface area contributed by atoms with Crippen LogP contribution in [0.3, 0.4) is 0 Å². The molecule has 0 saturated carbocycles. The van der Waals surface area contributed by atoms with Gasteiger partial charge in [0.25, 0.3) is 0 Å². The number of rotatable bonds is 5. The van der Waals surface area contributed by atoms with Crippen molar-refractivity contribution in [2.45, 2.75) is 13.0 Å². The molecule has 0 aliphatic carbocycles. The molecule has 2 N–H and O–H groups in total. The molecule has 3 rings (SSSR count). The van der Waals surface area contributed by atoms with Crippen molar-refractivity contribution in [2.75, 3.05) is 38.1 Å². The first-order chi connectivity index (χ1) is 13.5. The second kappa shape index (κ2) is 9.68. The molecule has 1 saturated heterocycles. The van der Waals surface area contributed by atoms with Gasteiger partial charge in [-0.05, 0) is 30.2 Å². The summed E-state index contributed by atoms with van der Waals surface area (Å²) in [7, 11) is 0. The maximum absolute atomic E-state index is 12.0. The number of hydrogen-bond acceptors (Lipinski definition) is 4. The summed E-state index contributed by atoms with van der Waals surface area (Å²) in [4.78, 5) is 26.3. The molecule has 6 nitrogen and oxygen atoms in total. The number of aryl methyl sites for hydroxylation is 1. The smallest absolute Gasteiger partial charge is 0.313 e. The van der Waals surface area contributed by atoms with Crippen LogP contribution < -0.4 is 10.6 Å². The number of ether oxygens (including phenoxy) is 1. The average molecular weight is 402 g/mol. The molecule has 2 aromatic carbocycles. The summed E-state index contributed by atoms with van der Waals surface area (Å²) in [6, 6.07) is 15.2. The molecule has 0 radical (unpaired) electrons. The van der Waals surface area contributed by atoms with Gasteiger partial charge in [-0.25, -0.2) is 0 Å². The summed E-state index contributed by atoms with van der Waals surface area (Å²) < 4.78 is 5.84. The minimum atomic E-state index is -0.705. The SMILES string of the molecule is Cc1ccc(NC(=O)C(=O)NCCN2CCO[C@H](c3ccccc3)C2)cc1Cl. The molecule has 7 heteroatoms. The van der Waals surface area contributed by atoms with E-state index in [0.717, 1.165) is 24.2 Å². The van der Waals surface area contributed by atoms with Crippen LogP contribution in [0.2, 0.25) is 5.02 Å². The van der Waals surface area contributed by atoms with Gasteiger partial charge < -0.3 is 15.4 Å². The summed E-state index contributed by atoms with van der Waals surface area (Å²) in [6.07, 6.45) is 0.0280. The minimum absolute atomic E-state index is 0.0280. The van der Waals surface area contributed by atoms with Crippen LogP contribution in [-0.4, -0.2) is 49.5 Å². The number of morpholine rings is 1. The highest BCUT2D eigenvalue weighted by molar-refractivity contribution is 6.39. The van der Waals surface area contributed by atoms with Crippen molar-refractivity contribution in [1.29, 1.82) is 0 Å². The fourth-order valence-corrected chi connectivity index (χ4v) is 3.22. The third kappa shape index (κ3) is 5.55.